The van der Waals surface area contributed by atoms with E-state index >= 15 is 0 Å². The predicted molar refractivity (Wildman–Crippen MR) is 87.7 cm³/mol. The molecule has 0 saturated heterocycles. The molecular weight excluding hydrogens is 260 g/mol. The topological polar surface area (TPSA) is 41.0 Å². The molecule has 0 atom stereocenters. The summed E-state index contributed by atoms with van der Waals surface area (Å²) in [6.07, 6.45) is 3.85. The smallest absolute Gasteiger partial charge is 0.163 e. The Kier molecular flexibility index (Phi) is 4.04. The molecule has 1 N–H and O–H groups in total. The average Bonchev–Trinajstić information content (AvgIpc) is 2.46. The number of nitrogens with one attached hydrogen (secondary N) is 1. The van der Waals surface area contributed by atoms with E-state index in [4.69, 9.17) is 4.98 Å². The van der Waals surface area contributed by atoms with Crippen LogP contribution in [0.15, 0.2) is 36.4 Å². The van der Waals surface area contributed by atoms with Crippen LogP contribution in [0, 0.1) is 0 Å². The maximum Gasteiger partial charge on any atom is 0.163 e. The Morgan fingerprint density at radius 2 is 1.95 bits per heavy atom. The lowest BCUT2D eigenvalue weighted by Gasteiger charge is -2.35. The summed E-state index contributed by atoms with van der Waals surface area (Å²) in [4.78, 5) is 11.7. The Labute approximate surface area is 126 Å². The largest absolute Gasteiger partial charge is 0.370 e. The van der Waals surface area contributed by atoms with Gasteiger partial charge in [-0.1, -0.05) is 30.3 Å². The third-order valence-electron chi connectivity index (χ3n) is 4.09. The SMILES string of the molecule is CCNc1cc(N(C)C2CCC2)nc(-c2ccccc2)n1. The van der Waals surface area contributed by atoms with Crippen LogP contribution >= 0.6 is 0 Å². The number of hydrogen-bond donors (Lipinski definition) is 1. The number of anilines is 2. The number of aromatic nitrogens is 2. The molecule has 3 rings (SSSR count). The van der Waals surface area contributed by atoms with Crippen molar-refractivity contribution < 1.29 is 0 Å². The maximum atomic E-state index is 4.76. The molecule has 21 heavy (non-hydrogen) atoms. The zero-order valence-corrected chi connectivity index (χ0v) is 12.7. The van der Waals surface area contributed by atoms with Gasteiger partial charge in [-0.05, 0) is 26.2 Å². The third kappa shape index (κ3) is 2.99. The molecule has 1 aromatic heterocycles. The van der Waals surface area contributed by atoms with Gasteiger partial charge in [0.25, 0.3) is 0 Å². The van der Waals surface area contributed by atoms with Gasteiger partial charge in [0.15, 0.2) is 5.82 Å². The molecule has 1 aromatic carbocycles. The lowest BCUT2D eigenvalue weighted by atomic mass is 9.92. The second-order valence-electron chi connectivity index (χ2n) is 5.53. The minimum atomic E-state index is 0.623. The molecule has 4 heteroatoms. The van der Waals surface area contributed by atoms with Crippen LogP contribution in [-0.4, -0.2) is 29.6 Å². The predicted octanol–water partition coefficient (Wildman–Crippen LogP) is 3.56. The van der Waals surface area contributed by atoms with Crippen LogP contribution in [0.2, 0.25) is 0 Å². The fraction of sp³-hybridized carbons (Fsp3) is 0.412. The van der Waals surface area contributed by atoms with Gasteiger partial charge in [-0.2, -0.15) is 0 Å². The second-order valence-corrected chi connectivity index (χ2v) is 5.53. The molecule has 0 bridgehead atoms. The molecule has 1 aliphatic rings. The van der Waals surface area contributed by atoms with Crippen LogP contribution in [0.4, 0.5) is 11.6 Å². The molecule has 1 heterocycles. The number of hydrogen-bond acceptors (Lipinski definition) is 4. The van der Waals surface area contributed by atoms with Gasteiger partial charge in [0.2, 0.25) is 0 Å². The van der Waals surface area contributed by atoms with Crippen molar-refractivity contribution in [2.45, 2.75) is 32.2 Å². The van der Waals surface area contributed by atoms with Gasteiger partial charge in [-0.25, -0.2) is 9.97 Å². The minimum absolute atomic E-state index is 0.623. The first kappa shape index (κ1) is 13.9. The Bertz CT molecular complexity index is 593. The van der Waals surface area contributed by atoms with E-state index < -0.39 is 0 Å². The van der Waals surface area contributed by atoms with Crippen molar-refractivity contribution >= 4 is 11.6 Å². The van der Waals surface area contributed by atoms with E-state index in [1.165, 1.54) is 19.3 Å². The van der Waals surface area contributed by atoms with Gasteiger partial charge in [0.1, 0.15) is 11.6 Å². The molecule has 0 spiro atoms. The van der Waals surface area contributed by atoms with Gasteiger partial charge in [0, 0.05) is 31.3 Å². The number of rotatable bonds is 5. The third-order valence-corrected chi connectivity index (χ3v) is 4.09. The van der Waals surface area contributed by atoms with Gasteiger partial charge in [0.05, 0.1) is 0 Å². The number of nitrogens with zero attached hydrogens (tertiary/aromatic N) is 3. The average molecular weight is 282 g/mol. The van der Waals surface area contributed by atoms with Crippen LogP contribution in [0.3, 0.4) is 0 Å². The highest BCUT2D eigenvalue weighted by Gasteiger charge is 2.23. The monoisotopic (exact) mass is 282 g/mol. The molecule has 110 valence electrons. The molecule has 0 radical (unpaired) electrons. The van der Waals surface area contributed by atoms with Crippen LogP contribution < -0.4 is 10.2 Å². The van der Waals surface area contributed by atoms with Crippen molar-refractivity contribution in [3.8, 4) is 11.4 Å². The van der Waals surface area contributed by atoms with Gasteiger partial charge < -0.3 is 10.2 Å². The summed E-state index contributed by atoms with van der Waals surface area (Å²) in [6.45, 7) is 2.94. The molecule has 0 amide bonds. The second kappa shape index (κ2) is 6.12. The highest BCUT2D eigenvalue weighted by Crippen LogP contribution is 2.29. The Morgan fingerprint density at radius 1 is 1.19 bits per heavy atom. The van der Waals surface area contributed by atoms with Crippen LogP contribution in [0.5, 0.6) is 0 Å². The van der Waals surface area contributed by atoms with E-state index in [1.54, 1.807) is 0 Å². The van der Waals surface area contributed by atoms with Gasteiger partial charge in [-0.3, -0.25) is 0 Å². The molecule has 1 aliphatic carbocycles. The maximum absolute atomic E-state index is 4.76. The Morgan fingerprint density at radius 3 is 2.57 bits per heavy atom. The molecule has 0 unspecified atom stereocenters. The zero-order valence-electron chi connectivity index (χ0n) is 12.7. The molecule has 2 aromatic rings. The summed E-state index contributed by atoms with van der Waals surface area (Å²) in [6, 6.07) is 12.8. The summed E-state index contributed by atoms with van der Waals surface area (Å²) >= 11 is 0. The quantitative estimate of drug-likeness (QED) is 0.910. The van der Waals surface area contributed by atoms with Gasteiger partial charge >= 0.3 is 0 Å². The zero-order chi connectivity index (χ0) is 14.7. The Hall–Kier alpha value is -2.10. The lowest BCUT2D eigenvalue weighted by Crippen LogP contribution is -2.37. The van der Waals surface area contributed by atoms with Crippen LogP contribution in [0.1, 0.15) is 26.2 Å². The molecule has 1 fully saturated rings. The highest BCUT2D eigenvalue weighted by atomic mass is 15.2. The molecule has 1 saturated carbocycles. The van der Waals surface area contributed by atoms with Crippen molar-refractivity contribution in [3.05, 3.63) is 36.4 Å². The Balaban J connectivity index is 1.97. The van der Waals surface area contributed by atoms with Crippen LogP contribution in [0.25, 0.3) is 11.4 Å². The first-order valence-corrected chi connectivity index (χ1v) is 7.69. The van der Waals surface area contributed by atoms with Crippen molar-refractivity contribution in [2.75, 3.05) is 23.8 Å². The lowest BCUT2D eigenvalue weighted by molar-refractivity contribution is 0.399. The fourth-order valence-electron chi connectivity index (χ4n) is 2.56. The summed E-state index contributed by atoms with van der Waals surface area (Å²) in [5.41, 5.74) is 1.06. The van der Waals surface area contributed by atoms with Crippen molar-refractivity contribution in [1.29, 1.82) is 0 Å². The highest BCUT2D eigenvalue weighted by molar-refractivity contribution is 5.61. The van der Waals surface area contributed by atoms with Crippen molar-refractivity contribution in [2.24, 2.45) is 0 Å². The first-order chi connectivity index (χ1) is 10.3. The first-order valence-electron chi connectivity index (χ1n) is 7.69. The van der Waals surface area contributed by atoms with E-state index in [9.17, 15) is 0 Å². The molecular formula is C17H22N4. The summed E-state index contributed by atoms with van der Waals surface area (Å²) in [5.74, 6) is 2.69. The number of benzene rings is 1. The molecule has 4 nitrogen and oxygen atoms in total. The summed E-state index contributed by atoms with van der Waals surface area (Å²) in [7, 11) is 2.14. The van der Waals surface area contributed by atoms with E-state index in [2.05, 4.69) is 41.3 Å². The van der Waals surface area contributed by atoms with Gasteiger partial charge in [-0.15, -0.1) is 0 Å². The van der Waals surface area contributed by atoms with Crippen molar-refractivity contribution in [3.63, 3.8) is 0 Å². The van der Waals surface area contributed by atoms with Crippen molar-refractivity contribution in [1.82, 2.24) is 9.97 Å². The summed E-state index contributed by atoms with van der Waals surface area (Å²) in [5, 5.41) is 3.31. The van der Waals surface area contributed by atoms with Crippen LogP contribution in [-0.2, 0) is 0 Å². The van der Waals surface area contributed by atoms with E-state index in [0.29, 0.717) is 6.04 Å². The van der Waals surface area contributed by atoms with E-state index in [-0.39, 0.29) is 0 Å². The standard InChI is InChI=1S/C17H22N4/c1-3-18-15-12-16(21(2)14-10-7-11-14)20-17(19-15)13-8-5-4-6-9-13/h4-6,8-9,12,14H,3,7,10-11H2,1-2H3,(H,18,19,20). The van der Waals surface area contributed by atoms with E-state index in [1.807, 2.05) is 24.3 Å². The normalized spacial score (nSPS) is 14.6. The molecule has 0 aliphatic heterocycles. The fourth-order valence-corrected chi connectivity index (χ4v) is 2.56. The van der Waals surface area contributed by atoms with E-state index in [0.717, 1.165) is 29.6 Å². The summed E-state index contributed by atoms with van der Waals surface area (Å²) < 4.78 is 0. The minimum Gasteiger partial charge on any atom is -0.370 e.